The predicted molar refractivity (Wildman–Crippen MR) is 97.8 cm³/mol. The van der Waals surface area contributed by atoms with Crippen molar-refractivity contribution in [1.29, 1.82) is 0 Å². The summed E-state index contributed by atoms with van der Waals surface area (Å²) in [6.45, 7) is 4.54. The Morgan fingerprint density at radius 1 is 1.31 bits per heavy atom. The van der Waals surface area contributed by atoms with Gasteiger partial charge in [0.05, 0.1) is 25.7 Å². The second-order valence-corrected chi connectivity index (χ2v) is 8.24. The molecule has 2 fully saturated rings. The first-order valence-corrected chi connectivity index (χ1v) is 9.87. The summed E-state index contributed by atoms with van der Waals surface area (Å²) in [7, 11) is 1.98. The summed E-state index contributed by atoms with van der Waals surface area (Å²) >= 11 is 4.06. The lowest BCUT2D eigenvalue weighted by Crippen LogP contribution is -3.12. The molecule has 2 saturated heterocycles. The van der Waals surface area contributed by atoms with Crippen molar-refractivity contribution in [3.63, 3.8) is 0 Å². The number of hydrogen-bond donors (Lipinski definition) is 7. The zero-order valence-electron chi connectivity index (χ0n) is 15.6. The van der Waals surface area contributed by atoms with Gasteiger partial charge in [-0.3, -0.25) is 4.79 Å². The van der Waals surface area contributed by atoms with E-state index in [2.05, 4.69) is 24.9 Å². The van der Waals surface area contributed by atoms with Crippen molar-refractivity contribution in [3.05, 3.63) is 0 Å². The lowest BCUT2D eigenvalue weighted by atomic mass is 9.92. The van der Waals surface area contributed by atoms with Crippen molar-refractivity contribution in [1.82, 2.24) is 5.32 Å². The zero-order chi connectivity index (χ0) is 19.6. The summed E-state index contributed by atoms with van der Waals surface area (Å²) in [5.74, 6) is 0.287. The number of likely N-dealkylation sites (tertiary alicyclic amines) is 1. The Morgan fingerprint density at radius 2 is 1.96 bits per heavy atom. The third-order valence-electron chi connectivity index (χ3n) is 5.60. The van der Waals surface area contributed by atoms with E-state index in [4.69, 9.17) is 4.74 Å². The molecule has 1 amide bonds. The van der Waals surface area contributed by atoms with Crippen LogP contribution in [0.3, 0.4) is 0 Å². The molecule has 6 N–H and O–H groups in total. The number of aliphatic hydroxyl groups is 4. The zero-order valence-corrected chi connectivity index (χ0v) is 16.5. The van der Waals surface area contributed by atoms with Crippen LogP contribution in [0.15, 0.2) is 0 Å². The SMILES string of the molecule is CCC[C@@H]1C[C@@H](C(=O)N[C@@H]([C@H]2O[C@H](S)[C@H](O)[C@@H](O)[C@H]2O)[C@@H](C)O)[NH+](C)C1. The van der Waals surface area contributed by atoms with Gasteiger partial charge in [-0.1, -0.05) is 13.3 Å². The van der Waals surface area contributed by atoms with Crippen molar-refractivity contribution in [2.45, 2.75) is 81.1 Å². The van der Waals surface area contributed by atoms with Gasteiger partial charge in [-0.25, -0.2) is 0 Å². The highest BCUT2D eigenvalue weighted by Crippen LogP contribution is 2.26. The first-order chi connectivity index (χ1) is 12.2. The molecule has 2 rings (SSSR count). The van der Waals surface area contributed by atoms with Gasteiger partial charge in [-0.2, -0.15) is 0 Å². The minimum atomic E-state index is -1.47. The van der Waals surface area contributed by atoms with Crippen molar-refractivity contribution in [2.24, 2.45) is 5.92 Å². The van der Waals surface area contributed by atoms with E-state index < -0.39 is 42.0 Å². The highest BCUT2D eigenvalue weighted by molar-refractivity contribution is 7.80. The molecule has 0 aromatic rings. The van der Waals surface area contributed by atoms with Crippen molar-refractivity contribution >= 4 is 18.5 Å². The minimum Gasteiger partial charge on any atom is -0.391 e. The summed E-state index contributed by atoms with van der Waals surface area (Å²) in [5, 5.41) is 42.9. The van der Waals surface area contributed by atoms with Gasteiger partial charge in [0, 0.05) is 12.3 Å². The Balaban J connectivity index is 2.07. The van der Waals surface area contributed by atoms with Crippen molar-refractivity contribution in [3.8, 4) is 0 Å². The van der Waals surface area contributed by atoms with Crippen LogP contribution in [0.25, 0.3) is 0 Å². The first kappa shape index (κ1) is 21.9. The van der Waals surface area contributed by atoms with E-state index in [-0.39, 0.29) is 11.9 Å². The van der Waals surface area contributed by atoms with E-state index >= 15 is 0 Å². The summed E-state index contributed by atoms with van der Waals surface area (Å²) in [6, 6.07) is -1.15. The Kier molecular flexibility index (Phi) is 7.73. The molecule has 0 bridgehead atoms. The standard InChI is InChI=1S/C17H32N2O6S/c1-4-5-9-6-10(19(3)7-9)16(24)18-11(8(2)20)15-13(22)12(21)14(23)17(26)25-15/h8-15,17,20-23,26H,4-7H2,1-3H3,(H,18,24)/p+1/t8-,9-,10+,11-,12+,13-,14-,15-,17-/m1/s1. The van der Waals surface area contributed by atoms with Gasteiger partial charge in [0.15, 0.2) is 6.04 Å². The summed E-state index contributed by atoms with van der Waals surface area (Å²) in [5.41, 5.74) is -1.02. The van der Waals surface area contributed by atoms with Crippen LogP contribution in [0, 0.1) is 5.92 Å². The smallest absolute Gasteiger partial charge is 0.278 e. The lowest BCUT2D eigenvalue weighted by Gasteiger charge is -2.43. The number of likely N-dealkylation sites (N-methyl/N-ethyl adjacent to an activating group) is 1. The fourth-order valence-corrected chi connectivity index (χ4v) is 4.42. The van der Waals surface area contributed by atoms with E-state index in [0.717, 1.165) is 30.7 Å². The monoisotopic (exact) mass is 393 g/mol. The molecule has 9 heteroatoms. The van der Waals surface area contributed by atoms with Crippen molar-refractivity contribution < 1.29 is 34.9 Å². The van der Waals surface area contributed by atoms with Gasteiger partial charge in [-0.15, -0.1) is 12.6 Å². The van der Waals surface area contributed by atoms with Crippen LogP contribution in [-0.4, -0.2) is 88.0 Å². The van der Waals surface area contributed by atoms with E-state index in [9.17, 15) is 25.2 Å². The van der Waals surface area contributed by atoms with Crippen LogP contribution in [-0.2, 0) is 9.53 Å². The molecular formula is C17H33N2O6S+. The van der Waals surface area contributed by atoms with Crippen LogP contribution in [0.4, 0.5) is 0 Å². The normalized spacial score (nSPS) is 43.1. The van der Waals surface area contributed by atoms with Crippen LogP contribution >= 0.6 is 12.6 Å². The maximum atomic E-state index is 12.8. The molecule has 0 aliphatic carbocycles. The third kappa shape index (κ3) is 4.70. The Hall–Kier alpha value is -0.420. The average molecular weight is 394 g/mol. The number of thiol groups is 1. The van der Waals surface area contributed by atoms with Crippen LogP contribution in [0.1, 0.15) is 33.1 Å². The minimum absolute atomic E-state index is 0.209. The molecule has 8 nitrogen and oxygen atoms in total. The van der Waals surface area contributed by atoms with Gasteiger partial charge < -0.3 is 35.4 Å². The molecule has 0 spiro atoms. The number of amides is 1. The number of carbonyl (C=O) groups is 1. The number of hydrogen-bond acceptors (Lipinski definition) is 7. The van der Waals surface area contributed by atoms with Gasteiger partial charge >= 0.3 is 0 Å². The number of ether oxygens (including phenoxy) is 1. The Labute approximate surface area is 159 Å². The second kappa shape index (κ2) is 9.18. The van der Waals surface area contributed by atoms with Gasteiger partial charge in [0.1, 0.15) is 29.9 Å². The van der Waals surface area contributed by atoms with Gasteiger partial charge in [-0.05, 0) is 13.3 Å². The molecule has 2 heterocycles. The highest BCUT2D eigenvalue weighted by atomic mass is 32.1. The Morgan fingerprint density at radius 3 is 2.54 bits per heavy atom. The molecule has 2 aliphatic rings. The maximum Gasteiger partial charge on any atom is 0.278 e. The molecule has 0 aromatic heterocycles. The van der Waals surface area contributed by atoms with E-state index in [0.29, 0.717) is 5.92 Å². The summed E-state index contributed by atoms with van der Waals surface area (Å²) in [4.78, 5) is 13.9. The van der Waals surface area contributed by atoms with Gasteiger partial charge in [0.25, 0.3) is 5.91 Å². The number of nitrogens with one attached hydrogen (secondary N) is 2. The number of quaternary nitrogens is 1. The van der Waals surface area contributed by atoms with Crippen LogP contribution in [0.2, 0.25) is 0 Å². The molecule has 0 aromatic carbocycles. The average Bonchev–Trinajstić information content (AvgIpc) is 2.95. The van der Waals surface area contributed by atoms with Crippen molar-refractivity contribution in [2.75, 3.05) is 13.6 Å². The number of rotatable bonds is 6. The van der Waals surface area contributed by atoms with Crippen LogP contribution < -0.4 is 10.2 Å². The molecule has 2 aliphatic heterocycles. The quantitative estimate of drug-likeness (QED) is 0.246. The predicted octanol–water partition coefficient (Wildman–Crippen LogP) is -2.71. The third-order valence-corrected chi connectivity index (χ3v) is 6.02. The lowest BCUT2D eigenvalue weighted by molar-refractivity contribution is -0.884. The van der Waals surface area contributed by atoms with Crippen LogP contribution in [0.5, 0.6) is 0 Å². The molecular weight excluding hydrogens is 360 g/mol. The maximum absolute atomic E-state index is 12.8. The molecule has 152 valence electrons. The molecule has 0 saturated carbocycles. The number of aliphatic hydroxyl groups excluding tert-OH is 4. The largest absolute Gasteiger partial charge is 0.391 e. The van der Waals surface area contributed by atoms with E-state index in [1.165, 1.54) is 6.92 Å². The number of carbonyl (C=O) groups excluding carboxylic acids is 1. The van der Waals surface area contributed by atoms with E-state index in [1.807, 2.05) is 7.05 Å². The van der Waals surface area contributed by atoms with Gasteiger partial charge in [0.2, 0.25) is 0 Å². The molecule has 10 atom stereocenters. The summed E-state index contributed by atoms with van der Waals surface area (Å²) < 4.78 is 5.48. The Bertz CT molecular complexity index is 482. The molecule has 0 radical (unpaired) electrons. The summed E-state index contributed by atoms with van der Waals surface area (Å²) in [6.07, 6.45) is -3.43. The second-order valence-electron chi connectivity index (χ2n) is 7.73. The fraction of sp³-hybridized carbons (Fsp3) is 0.941. The highest BCUT2D eigenvalue weighted by Gasteiger charge is 2.48. The fourth-order valence-electron chi connectivity index (χ4n) is 4.10. The van der Waals surface area contributed by atoms with E-state index in [1.54, 1.807) is 0 Å². The molecule has 26 heavy (non-hydrogen) atoms. The topological polar surface area (TPSA) is 124 Å². The first-order valence-electron chi connectivity index (χ1n) is 9.35. The molecule has 1 unspecified atom stereocenters.